The minimum absolute atomic E-state index is 0.900. The summed E-state index contributed by atoms with van der Waals surface area (Å²) < 4.78 is 8.77. The second kappa shape index (κ2) is 9.96. The first-order valence-corrected chi connectivity index (χ1v) is 15.2. The number of rotatable bonds is 4. The number of allylic oxidation sites excluding steroid dienone is 1. The molecule has 0 atom stereocenters. The smallest absolute Gasteiger partial charge is 0.142 e. The van der Waals surface area contributed by atoms with Crippen molar-refractivity contribution in [1.82, 2.24) is 9.55 Å². The fourth-order valence-electron chi connectivity index (χ4n) is 6.80. The maximum atomic E-state index is 6.46. The van der Waals surface area contributed by atoms with Crippen LogP contribution in [-0.4, -0.2) is 9.55 Å². The van der Waals surface area contributed by atoms with Gasteiger partial charge in [0.1, 0.15) is 17.2 Å². The molecule has 0 radical (unpaired) electrons. The fraction of sp³-hybridized carbons (Fsp3) is 0.0488. The number of aryl methyl sites for hydroxylation is 1. The molecule has 0 aliphatic heterocycles. The average molecular weight is 565 g/mol. The van der Waals surface area contributed by atoms with Crippen molar-refractivity contribution in [1.29, 1.82) is 0 Å². The van der Waals surface area contributed by atoms with Crippen LogP contribution >= 0.6 is 0 Å². The molecule has 3 heterocycles. The van der Waals surface area contributed by atoms with Gasteiger partial charge in [0.15, 0.2) is 0 Å². The van der Waals surface area contributed by atoms with Gasteiger partial charge in [-0.15, -0.1) is 0 Å². The maximum absolute atomic E-state index is 6.46. The van der Waals surface area contributed by atoms with Gasteiger partial charge in [-0.1, -0.05) is 109 Å². The van der Waals surface area contributed by atoms with Crippen molar-refractivity contribution in [3.05, 3.63) is 151 Å². The second-order valence-corrected chi connectivity index (χ2v) is 11.5. The molecule has 208 valence electrons. The van der Waals surface area contributed by atoms with Gasteiger partial charge < -0.3 is 4.42 Å². The van der Waals surface area contributed by atoms with E-state index >= 15 is 0 Å². The van der Waals surface area contributed by atoms with Crippen LogP contribution in [0, 0.1) is 0 Å². The van der Waals surface area contributed by atoms with Gasteiger partial charge in [-0.25, -0.2) is 4.98 Å². The Labute approximate surface area is 255 Å². The molecular formula is C41H28N2O. The monoisotopic (exact) mass is 564 g/mol. The second-order valence-electron chi connectivity index (χ2n) is 11.5. The standard InChI is InChI=1S/C41H28N2O/c1-3-12-27(13-4-1)30-25-36(28-14-5-2-6-15-28)42-40(26-30)43-37-20-9-7-16-32(37)35-24-29(22-23-38(35)43)31-18-11-19-34-33-17-8-10-21-39(33)44-41(31)34/h1-7,9-16,18-26H,8,17H2. The summed E-state index contributed by atoms with van der Waals surface area (Å²) in [6.07, 6.45) is 6.41. The van der Waals surface area contributed by atoms with Crippen LogP contribution in [0.15, 0.2) is 144 Å². The summed E-state index contributed by atoms with van der Waals surface area (Å²) in [6, 6.07) is 47.4. The molecule has 3 aromatic heterocycles. The summed E-state index contributed by atoms with van der Waals surface area (Å²) in [5.74, 6) is 1.90. The average Bonchev–Trinajstić information content (AvgIpc) is 3.64. The van der Waals surface area contributed by atoms with E-state index in [1.54, 1.807) is 0 Å². The summed E-state index contributed by atoms with van der Waals surface area (Å²) in [5.41, 5.74) is 11.2. The predicted octanol–water partition coefficient (Wildman–Crippen LogP) is 10.9. The molecule has 3 heteroatoms. The van der Waals surface area contributed by atoms with Crippen LogP contribution in [0.2, 0.25) is 0 Å². The van der Waals surface area contributed by atoms with Gasteiger partial charge in [0.05, 0.1) is 16.7 Å². The Hall–Kier alpha value is -5.67. The maximum Gasteiger partial charge on any atom is 0.142 e. The molecule has 0 bridgehead atoms. The Bertz CT molecular complexity index is 2320. The number of pyridine rings is 1. The number of para-hydroxylation sites is 2. The van der Waals surface area contributed by atoms with Crippen molar-refractivity contribution in [2.75, 3.05) is 0 Å². The zero-order chi connectivity index (χ0) is 29.0. The Kier molecular flexibility index (Phi) is 5.63. The number of furan rings is 1. The number of hydrogen-bond donors (Lipinski definition) is 0. The molecule has 0 spiro atoms. The van der Waals surface area contributed by atoms with E-state index in [1.165, 1.54) is 27.3 Å². The molecule has 0 N–H and O–H groups in total. The molecule has 3 nitrogen and oxygen atoms in total. The van der Waals surface area contributed by atoms with E-state index in [0.717, 1.165) is 69.0 Å². The van der Waals surface area contributed by atoms with Crippen LogP contribution in [0.3, 0.4) is 0 Å². The molecule has 0 unspecified atom stereocenters. The van der Waals surface area contributed by atoms with Crippen molar-refractivity contribution in [2.45, 2.75) is 12.8 Å². The Balaban J connectivity index is 1.28. The van der Waals surface area contributed by atoms with Crippen LogP contribution in [0.5, 0.6) is 0 Å². The van der Waals surface area contributed by atoms with E-state index in [1.807, 2.05) is 6.07 Å². The van der Waals surface area contributed by atoms with Gasteiger partial charge in [-0.2, -0.15) is 0 Å². The van der Waals surface area contributed by atoms with Crippen molar-refractivity contribution in [2.24, 2.45) is 0 Å². The van der Waals surface area contributed by atoms with Crippen molar-refractivity contribution in [3.63, 3.8) is 0 Å². The summed E-state index contributed by atoms with van der Waals surface area (Å²) in [7, 11) is 0. The molecule has 0 fully saturated rings. The molecule has 1 aliphatic rings. The summed E-state index contributed by atoms with van der Waals surface area (Å²) in [5, 5.41) is 3.62. The van der Waals surface area contributed by atoms with Crippen LogP contribution in [0.25, 0.3) is 78.2 Å². The number of fused-ring (bicyclic) bond motifs is 6. The summed E-state index contributed by atoms with van der Waals surface area (Å²) >= 11 is 0. The quantitative estimate of drug-likeness (QED) is 0.213. The zero-order valence-corrected chi connectivity index (χ0v) is 24.1. The molecule has 8 aromatic rings. The molecule has 0 saturated carbocycles. The van der Waals surface area contributed by atoms with Gasteiger partial charge >= 0.3 is 0 Å². The lowest BCUT2D eigenvalue weighted by molar-refractivity contribution is 0.596. The van der Waals surface area contributed by atoms with Gasteiger partial charge in [-0.3, -0.25) is 4.57 Å². The first-order valence-electron chi connectivity index (χ1n) is 15.2. The summed E-state index contributed by atoms with van der Waals surface area (Å²) in [6.45, 7) is 0. The van der Waals surface area contributed by atoms with E-state index in [0.29, 0.717) is 0 Å². The van der Waals surface area contributed by atoms with E-state index in [9.17, 15) is 0 Å². The van der Waals surface area contributed by atoms with Crippen molar-refractivity contribution >= 4 is 38.9 Å². The highest BCUT2D eigenvalue weighted by atomic mass is 16.3. The number of nitrogens with zero attached hydrogens (tertiary/aromatic N) is 2. The lowest BCUT2D eigenvalue weighted by atomic mass is 9.97. The Morgan fingerprint density at radius 1 is 0.568 bits per heavy atom. The molecule has 0 saturated heterocycles. The molecule has 9 rings (SSSR count). The zero-order valence-electron chi connectivity index (χ0n) is 24.1. The molecular weight excluding hydrogens is 536 g/mol. The van der Waals surface area contributed by atoms with Gasteiger partial charge in [0.25, 0.3) is 0 Å². The largest absolute Gasteiger partial charge is 0.456 e. The molecule has 5 aromatic carbocycles. The normalized spacial score (nSPS) is 12.7. The third-order valence-electron chi connectivity index (χ3n) is 8.88. The van der Waals surface area contributed by atoms with Gasteiger partial charge in [0, 0.05) is 32.8 Å². The van der Waals surface area contributed by atoms with E-state index in [4.69, 9.17) is 9.40 Å². The van der Waals surface area contributed by atoms with Crippen LogP contribution in [0.4, 0.5) is 0 Å². The SMILES string of the molecule is C1=Cc2oc3c(-c4ccc5c(c4)c4ccccc4n5-c4cc(-c5ccccc5)cc(-c5ccccc5)n4)cccc3c2CC1. The first kappa shape index (κ1) is 24.9. The predicted molar refractivity (Wildman–Crippen MR) is 182 cm³/mol. The summed E-state index contributed by atoms with van der Waals surface area (Å²) in [4.78, 5) is 5.27. The van der Waals surface area contributed by atoms with Crippen molar-refractivity contribution < 1.29 is 4.42 Å². The third kappa shape index (κ3) is 3.94. The van der Waals surface area contributed by atoms with Gasteiger partial charge in [0.2, 0.25) is 0 Å². The van der Waals surface area contributed by atoms with E-state index in [-0.39, 0.29) is 0 Å². The topological polar surface area (TPSA) is 31.0 Å². The minimum Gasteiger partial charge on any atom is -0.456 e. The number of aromatic nitrogens is 2. The van der Waals surface area contributed by atoms with E-state index < -0.39 is 0 Å². The van der Waals surface area contributed by atoms with Crippen molar-refractivity contribution in [3.8, 4) is 39.3 Å². The molecule has 0 amide bonds. The highest BCUT2D eigenvalue weighted by molar-refractivity contribution is 6.11. The third-order valence-corrected chi connectivity index (χ3v) is 8.88. The van der Waals surface area contributed by atoms with Crippen LogP contribution in [0.1, 0.15) is 17.7 Å². The van der Waals surface area contributed by atoms with Gasteiger partial charge in [-0.05, 0) is 65.9 Å². The Morgan fingerprint density at radius 3 is 2.18 bits per heavy atom. The van der Waals surface area contributed by atoms with Crippen LogP contribution in [-0.2, 0) is 6.42 Å². The fourth-order valence-corrected chi connectivity index (χ4v) is 6.80. The number of hydrogen-bond acceptors (Lipinski definition) is 2. The lowest BCUT2D eigenvalue weighted by Gasteiger charge is -2.13. The highest BCUT2D eigenvalue weighted by Crippen LogP contribution is 2.40. The number of benzene rings is 5. The first-order chi connectivity index (χ1) is 21.8. The van der Waals surface area contributed by atoms with E-state index in [2.05, 4.69) is 144 Å². The molecule has 1 aliphatic carbocycles. The minimum atomic E-state index is 0.900. The highest BCUT2D eigenvalue weighted by Gasteiger charge is 2.20. The lowest BCUT2D eigenvalue weighted by Crippen LogP contribution is -2.00. The van der Waals surface area contributed by atoms with Crippen LogP contribution < -0.4 is 0 Å². The molecule has 44 heavy (non-hydrogen) atoms. The Morgan fingerprint density at radius 2 is 1.32 bits per heavy atom.